The first-order valence-corrected chi connectivity index (χ1v) is 10.3. The fourth-order valence-corrected chi connectivity index (χ4v) is 3.77. The smallest absolute Gasteiger partial charge is 0.307 e. The Morgan fingerprint density at radius 3 is 2.67 bits per heavy atom. The van der Waals surface area contributed by atoms with Crippen LogP contribution in [0.5, 0.6) is 0 Å². The lowest BCUT2D eigenvalue weighted by molar-refractivity contribution is -0.140. The van der Waals surface area contributed by atoms with Gasteiger partial charge in [-0.15, -0.1) is 0 Å². The van der Waals surface area contributed by atoms with E-state index in [4.69, 9.17) is 0 Å². The molecule has 1 aliphatic heterocycles. The van der Waals surface area contributed by atoms with E-state index in [9.17, 15) is 14.4 Å². The number of benzene rings is 1. The molecular weight excluding hydrogens is 384 g/mol. The average Bonchev–Trinajstić information content (AvgIpc) is 3.53. The third-order valence-corrected chi connectivity index (χ3v) is 5.63. The number of carbonyl (C=O) groups is 3. The molecule has 1 aliphatic carbocycles. The average molecular weight is 410 g/mol. The third-order valence-electron chi connectivity index (χ3n) is 5.63. The highest BCUT2D eigenvalue weighted by Gasteiger charge is 2.32. The molecule has 2 aromatic rings. The zero-order valence-corrected chi connectivity index (χ0v) is 17.1. The van der Waals surface area contributed by atoms with Crippen LogP contribution in [0.4, 0.5) is 0 Å². The molecule has 0 bridgehead atoms. The zero-order valence-electron chi connectivity index (χ0n) is 17.1. The number of ether oxygens (including phenoxy) is 1. The van der Waals surface area contributed by atoms with E-state index in [1.165, 1.54) is 20.0 Å². The van der Waals surface area contributed by atoms with Crippen LogP contribution in [-0.2, 0) is 29.0 Å². The van der Waals surface area contributed by atoms with Gasteiger partial charge in [-0.1, -0.05) is 18.2 Å². The van der Waals surface area contributed by atoms with E-state index >= 15 is 0 Å². The first kappa shape index (κ1) is 20.1. The Kier molecular flexibility index (Phi) is 5.83. The maximum atomic E-state index is 12.9. The van der Waals surface area contributed by atoms with Crippen LogP contribution in [0.1, 0.15) is 51.4 Å². The van der Waals surface area contributed by atoms with Crippen molar-refractivity contribution in [2.75, 3.05) is 20.2 Å². The number of esters is 1. The number of rotatable bonds is 7. The molecule has 30 heavy (non-hydrogen) atoms. The van der Waals surface area contributed by atoms with Gasteiger partial charge in [0.15, 0.2) is 5.69 Å². The normalized spacial score (nSPS) is 15.4. The minimum atomic E-state index is -0.378. The van der Waals surface area contributed by atoms with Crippen molar-refractivity contribution in [3.8, 4) is 0 Å². The molecule has 1 fully saturated rings. The SMILES string of the molecule is COC(=O)CCNC(=O)c1nn(CC2CC2)c2c1CN(C(=O)c1ccccc1)CC2. The second-order valence-corrected chi connectivity index (χ2v) is 7.82. The van der Waals surface area contributed by atoms with Crippen molar-refractivity contribution in [1.82, 2.24) is 20.0 Å². The number of hydrogen-bond acceptors (Lipinski definition) is 5. The van der Waals surface area contributed by atoms with E-state index in [2.05, 4.69) is 15.2 Å². The summed E-state index contributed by atoms with van der Waals surface area (Å²) in [5, 5.41) is 7.36. The van der Waals surface area contributed by atoms with E-state index < -0.39 is 0 Å². The van der Waals surface area contributed by atoms with Gasteiger partial charge in [0.05, 0.1) is 20.1 Å². The molecule has 0 atom stereocenters. The molecule has 1 aromatic carbocycles. The number of carbonyl (C=O) groups excluding carboxylic acids is 3. The number of methoxy groups -OCH3 is 1. The quantitative estimate of drug-likeness (QED) is 0.703. The highest BCUT2D eigenvalue weighted by Crippen LogP contribution is 2.32. The summed E-state index contributed by atoms with van der Waals surface area (Å²) in [6, 6.07) is 9.17. The van der Waals surface area contributed by atoms with Crippen molar-refractivity contribution in [2.45, 2.75) is 38.8 Å². The second-order valence-electron chi connectivity index (χ2n) is 7.82. The first-order chi connectivity index (χ1) is 14.6. The Bertz CT molecular complexity index is 950. The highest BCUT2D eigenvalue weighted by molar-refractivity contribution is 5.96. The lowest BCUT2D eigenvalue weighted by Gasteiger charge is -2.28. The van der Waals surface area contributed by atoms with Gasteiger partial charge in [0, 0.05) is 42.9 Å². The minimum absolute atomic E-state index is 0.0479. The fraction of sp³-hybridized carbons (Fsp3) is 0.455. The minimum Gasteiger partial charge on any atom is -0.469 e. The van der Waals surface area contributed by atoms with Crippen LogP contribution in [0.15, 0.2) is 30.3 Å². The van der Waals surface area contributed by atoms with Crippen molar-refractivity contribution in [2.24, 2.45) is 5.92 Å². The Labute approximate surface area is 175 Å². The van der Waals surface area contributed by atoms with E-state index in [0.29, 0.717) is 36.7 Å². The molecule has 0 spiro atoms. The summed E-state index contributed by atoms with van der Waals surface area (Å²) in [5.41, 5.74) is 2.83. The molecule has 1 aromatic heterocycles. The predicted molar refractivity (Wildman–Crippen MR) is 109 cm³/mol. The Hall–Kier alpha value is -3.16. The first-order valence-electron chi connectivity index (χ1n) is 10.3. The van der Waals surface area contributed by atoms with Gasteiger partial charge in [-0.2, -0.15) is 5.10 Å². The molecular formula is C22H26N4O4. The Morgan fingerprint density at radius 2 is 1.97 bits per heavy atom. The maximum absolute atomic E-state index is 12.9. The maximum Gasteiger partial charge on any atom is 0.307 e. The molecule has 158 valence electrons. The second kappa shape index (κ2) is 8.69. The molecule has 2 heterocycles. The third kappa shape index (κ3) is 4.37. The van der Waals surface area contributed by atoms with Crippen LogP contribution >= 0.6 is 0 Å². The molecule has 1 saturated carbocycles. The standard InChI is InChI=1S/C22H26N4O4/c1-30-19(27)9-11-23-21(28)20-17-14-25(22(29)16-5-3-2-4-6-16)12-10-18(17)26(24-20)13-15-7-8-15/h2-6,15H,7-14H2,1H3,(H,23,28). The topological polar surface area (TPSA) is 93.5 Å². The van der Waals surface area contributed by atoms with Crippen molar-refractivity contribution >= 4 is 17.8 Å². The van der Waals surface area contributed by atoms with E-state index in [1.807, 2.05) is 22.9 Å². The van der Waals surface area contributed by atoms with Gasteiger partial charge >= 0.3 is 5.97 Å². The molecule has 2 aliphatic rings. The largest absolute Gasteiger partial charge is 0.469 e. The predicted octanol–water partition coefficient (Wildman–Crippen LogP) is 1.78. The summed E-state index contributed by atoms with van der Waals surface area (Å²) in [6.07, 6.45) is 3.15. The van der Waals surface area contributed by atoms with Gasteiger partial charge < -0.3 is 15.0 Å². The number of nitrogens with one attached hydrogen (secondary N) is 1. The summed E-state index contributed by atoms with van der Waals surface area (Å²) < 4.78 is 6.56. The Balaban J connectivity index is 1.54. The monoisotopic (exact) mass is 410 g/mol. The van der Waals surface area contributed by atoms with E-state index in [1.54, 1.807) is 17.0 Å². The van der Waals surface area contributed by atoms with Crippen molar-refractivity contribution in [1.29, 1.82) is 0 Å². The zero-order chi connectivity index (χ0) is 21.1. The molecule has 8 heteroatoms. The summed E-state index contributed by atoms with van der Waals surface area (Å²) in [4.78, 5) is 38.8. The molecule has 4 rings (SSSR count). The van der Waals surface area contributed by atoms with Gasteiger partial charge in [-0.25, -0.2) is 0 Å². The van der Waals surface area contributed by atoms with Crippen molar-refractivity contribution < 1.29 is 19.1 Å². The molecule has 1 N–H and O–H groups in total. The van der Waals surface area contributed by atoms with Crippen LogP contribution in [0, 0.1) is 5.92 Å². The van der Waals surface area contributed by atoms with Crippen molar-refractivity contribution in [3.05, 3.63) is 52.8 Å². The number of fused-ring (bicyclic) bond motifs is 1. The van der Waals surface area contributed by atoms with Crippen LogP contribution in [0.2, 0.25) is 0 Å². The fourth-order valence-electron chi connectivity index (χ4n) is 3.77. The number of aromatic nitrogens is 2. The molecule has 0 unspecified atom stereocenters. The molecule has 8 nitrogen and oxygen atoms in total. The van der Waals surface area contributed by atoms with Gasteiger partial charge in [0.2, 0.25) is 0 Å². The lowest BCUT2D eigenvalue weighted by Crippen LogP contribution is -2.37. The van der Waals surface area contributed by atoms with Crippen LogP contribution in [0.3, 0.4) is 0 Å². The lowest BCUT2D eigenvalue weighted by atomic mass is 10.0. The van der Waals surface area contributed by atoms with Crippen LogP contribution in [0.25, 0.3) is 0 Å². The number of amides is 2. The summed E-state index contributed by atoms with van der Waals surface area (Å²) in [6.45, 7) is 1.95. The summed E-state index contributed by atoms with van der Waals surface area (Å²) >= 11 is 0. The van der Waals surface area contributed by atoms with Crippen LogP contribution < -0.4 is 5.32 Å². The number of hydrogen-bond donors (Lipinski definition) is 1. The number of nitrogens with zero attached hydrogens (tertiary/aromatic N) is 3. The summed E-state index contributed by atoms with van der Waals surface area (Å²) in [7, 11) is 1.32. The van der Waals surface area contributed by atoms with Gasteiger partial charge in [0.25, 0.3) is 11.8 Å². The molecule has 0 radical (unpaired) electrons. The Morgan fingerprint density at radius 1 is 1.20 bits per heavy atom. The van der Waals surface area contributed by atoms with Crippen LogP contribution in [-0.4, -0.2) is 52.7 Å². The van der Waals surface area contributed by atoms with E-state index in [-0.39, 0.29) is 30.7 Å². The van der Waals surface area contributed by atoms with E-state index in [0.717, 1.165) is 17.8 Å². The van der Waals surface area contributed by atoms with Gasteiger partial charge in [0.1, 0.15) is 0 Å². The molecule has 0 saturated heterocycles. The van der Waals surface area contributed by atoms with Gasteiger partial charge in [-0.3, -0.25) is 19.1 Å². The highest BCUT2D eigenvalue weighted by atomic mass is 16.5. The summed E-state index contributed by atoms with van der Waals surface area (Å²) in [5.74, 6) is -0.128. The molecule has 2 amide bonds. The van der Waals surface area contributed by atoms with Crippen molar-refractivity contribution in [3.63, 3.8) is 0 Å². The van der Waals surface area contributed by atoms with Gasteiger partial charge in [-0.05, 0) is 30.9 Å².